The topological polar surface area (TPSA) is 67.6 Å². The Hall–Kier alpha value is -3.64. The normalized spacial score (nSPS) is 16.0. The number of hydrogen-bond donors (Lipinski definition) is 1. The van der Waals surface area contributed by atoms with Gasteiger partial charge in [-0.3, -0.25) is 9.78 Å². The maximum absolute atomic E-state index is 13.3. The van der Waals surface area contributed by atoms with Crippen LogP contribution in [0, 0.1) is 13.8 Å². The van der Waals surface area contributed by atoms with E-state index in [0.717, 1.165) is 52.0 Å². The van der Waals surface area contributed by atoms with E-state index >= 15 is 0 Å². The number of carbonyl (C=O) groups is 1. The second kappa shape index (κ2) is 9.78. The first-order valence-corrected chi connectivity index (χ1v) is 12.5. The lowest BCUT2D eigenvalue weighted by Crippen LogP contribution is -2.35. The molecule has 3 heterocycles. The Morgan fingerprint density at radius 1 is 1.08 bits per heavy atom. The number of carbonyl (C=O) groups excluding carboxylic acids is 1. The van der Waals surface area contributed by atoms with Crippen LogP contribution in [0.1, 0.15) is 46.5 Å². The predicted molar refractivity (Wildman–Crippen MR) is 142 cm³/mol. The van der Waals surface area contributed by atoms with Crippen LogP contribution in [0.15, 0.2) is 65.2 Å². The summed E-state index contributed by atoms with van der Waals surface area (Å²) in [6.45, 7) is 6.51. The molecule has 186 valence electrons. The minimum atomic E-state index is -0.411. The number of pyridine rings is 1. The van der Waals surface area contributed by atoms with Gasteiger partial charge in [-0.2, -0.15) is 0 Å². The molecule has 0 spiro atoms. The highest BCUT2D eigenvalue weighted by molar-refractivity contribution is 5.98. The Bertz CT molecular complexity index is 1400. The van der Waals surface area contributed by atoms with Gasteiger partial charge in [-0.05, 0) is 107 Å². The van der Waals surface area contributed by atoms with Crippen molar-refractivity contribution in [2.75, 3.05) is 27.2 Å². The number of hydrogen-bond acceptors (Lipinski definition) is 5. The van der Waals surface area contributed by atoms with E-state index in [-0.39, 0.29) is 5.91 Å². The molecule has 1 saturated carbocycles. The second-order valence-corrected chi connectivity index (χ2v) is 9.88. The molecule has 2 aromatic heterocycles. The molecule has 2 fully saturated rings. The number of aromatic nitrogens is 1. The lowest BCUT2D eigenvalue weighted by molar-refractivity contribution is 0.0930. The van der Waals surface area contributed by atoms with Gasteiger partial charge in [0, 0.05) is 22.7 Å². The van der Waals surface area contributed by atoms with Crippen molar-refractivity contribution >= 4 is 16.8 Å². The van der Waals surface area contributed by atoms with Crippen LogP contribution in [0.25, 0.3) is 22.2 Å². The summed E-state index contributed by atoms with van der Waals surface area (Å²) in [6, 6.07) is 17.7. The fraction of sp³-hybridized carbons (Fsp3) is 0.333. The molecular weight excluding hydrogens is 450 g/mol. The van der Waals surface area contributed by atoms with Gasteiger partial charge in [0.05, 0.1) is 18.2 Å². The van der Waals surface area contributed by atoms with Gasteiger partial charge in [0.15, 0.2) is 0 Å². The number of nitrogens with zero attached hydrogens (tertiary/aromatic N) is 2. The largest absolute Gasteiger partial charge is 0.497 e. The maximum Gasteiger partial charge on any atom is 0.252 e. The summed E-state index contributed by atoms with van der Waals surface area (Å²) in [4.78, 5) is 20.1. The molecule has 1 N–H and O–H groups in total. The maximum atomic E-state index is 13.3. The molecule has 6 nitrogen and oxygen atoms in total. The van der Waals surface area contributed by atoms with Crippen LogP contribution in [0.2, 0.25) is 0 Å². The van der Waals surface area contributed by atoms with Crippen molar-refractivity contribution in [3.8, 4) is 17.1 Å². The third-order valence-corrected chi connectivity index (χ3v) is 7.13. The summed E-state index contributed by atoms with van der Waals surface area (Å²) in [5.74, 6) is 2.24. The molecule has 0 unspecified atom stereocenters. The number of benzene rings is 2. The quantitative estimate of drug-likeness (QED) is 0.385. The van der Waals surface area contributed by atoms with E-state index in [1.165, 1.54) is 19.5 Å². The van der Waals surface area contributed by atoms with E-state index in [9.17, 15) is 4.79 Å². The summed E-state index contributed by atoms with van der Waals surface area (Å²) in [5.41, 5.74) is 4.07. The lowest BCUT2D eigenvalue weighted by Gasteiger charge is -2.24. The molecule has 2 aliphatic rings. The van der Waals surface area contributed by atoms with E-state index < -0.39 is 5.54 Å². The minimum absolute atomic E-state index is 0.0924. The summed E-state index contributed by atoms with van der Waals surface area (Å²) in [6.07, 6.45) is 4.97. The van der Waals surface area contributed by atoms with Gasteiger partial charge >= 0.3 is 0 Å². The van der Waals surface area contributed by atoms with Crippen LogP contribution in [0.5, 0.6) is 5.75 Å². The molecule has 4 aromatic rings. The third kappa shape index (κ3) is 4.86. The van der Waals surface area contributed by atoms with E-state index in [1.807, 2.05) is 50.2 Å². The zero-order valence-electron chi connectivity index (χ0n) is 21.4. The Labute approximate surface area is 212 Å². The summed E-state index contributed by atoms with van der Waals surface area (Å²) in [5, 5.41) is 4.37. The summed E-state index contributed by atoms with van der Waals surface area (Å²) >= 11 is 0. The van der Waals surface area contributed by atoms with Crippen molar-refractivity contribution in [3.63, 3.8) is 0 Å². The van der Waals surface area contributed by atoms with Crippen LogP contribution in [-0.4, -0.2) is 43.0 Å². The van der Waals surface area contributed by atoms with Gasteiger partial charge in [0.25, 0.3) is 5.91 Å². The van der Waals surface area contributed by atoms with Crippen molar-refractivity contribution in [1.82, 2.24) is 15.2 Å². The molecule has 0 atom stereocenters. The van der Waals surface area contributed by atoms with Crippen molar-refractivity contribution in [2.24, 2.45) is 0 Å². The Kier molecular flexibility index (Phi) is 6.54. The zero-order valence-corrected chi connectivity index (χ0v) is 21.4. The number of aryl methyl sites for hydroxylation is 2. The molecule has 6 heteroatoms. The van der Waals surface area contributed by atoms with Crippen LogP contribution in [0.3, 0.4) is 0 Å². The van der Waals surface area contributed by atoms with Gasteiger partial charge in [-0.25, -0.2) is 0 Å². The van der Waals surface area contributed by atoms with E-state index in [1.54, 1.807) is 19.4 Å². The fourth-order valence-corrected chi connectivity index (χ4v) is 4.63. The minimum Gasteiger partial charge on any atom is -0.497 e. The Balaban J connectivity index is 0.000000477. The van der Waals surface area contributed by atoms with Gasteiger partial charge < -0.3 is 19.4 Å². The highest BCUT2D eigenvalue weighted by Gasteiger charge is 2.47. The number of likely N-dealkylation sites (tertiary alicyclic amines) is 1. The van der Waals surface area contributed by atoms with Crippen LogP contribution >= 0.6 is 0 Å². The van der Waals surface area contributed by atoms with E-state index in [2.05, 4.69) is 34.4 Å². The van der Waals surface area contributed by atoms with Gasteiger partial charge in [0.1, 0.15) is 17.3 Å². The molecule has 1 aliphatic carbocycles. The zero-order chi connectivity index (χ0) is 25.3. The molecule has 0 bridgehead atoms. The van der Waals surface area contributed by atoms with Gasteiger partial charge in [-0.1, -0.05) is 12.1 Å². The van der Waals surface area contributed by atoms with Crippen molar-refractivity contribution in [2.45, 2.75) is 38.6 Å². The lowest BCUT2D eigenvalue weighted by atomic mass is 9.95. The molecule has 1 saturated heterocycles. The number of rotatable bonds is 5. The van der Waals surface area contributed by atoms with Crippen molar-refractivity contribution in [3.05, 3.63) is 83.2 Å². The molecule has 1 aliphatic heterocycles. The number of methoxy groups -OCH3 is 1. The Morgan fingerprint density at radius 2 is 1.86 bits per heavy atom. The molecule has 2 aromatic carbocycles. The highest BCUT2D eigenvalue weighted by atomic mass is 16.5. The first kappa shape index (κ1) is 24.1. The molecule has 0 radical (unpaired) electrons. The first-order valence-electron chi connectivity index (χ1n) is 12.5. The number of amides is 1. The summed E-state index contributed by atoms with van der Waals surface area (Å²) < 4.78 is 11.2. The Morgan fingerprint density at radius 3 is 2.47 bits per heavy atom. The smallest absolute Gasteiger partial charge is 0.252 e. The number of fused-ring (bicyclic) bond motifs is 1. The molecule has 36 heavy (non-hydrogen) atoms. The average molecular weight is 484 g/mol. The van der Waals surface area contributed by atoms with E-state index in [0.29, 0.717) is 11.3 Å². The monoisotopic (exact) mass is 483 g/mol. The number of ether oxygens (including phenoxy) is 1. The van der Waals surface area contributed by atoms with Crippen LogP contribution in [0.4, 0.5) is 0 Å². The van der Waals surface area contributed by atoms with Crippen LogP contribution in [-0.2, 0) is 5.54 Å². The predicted octanol–water partition coefficient (Wildman–Crippen LogP) is 5.86. The standard InChI is InChI=1S/C26H24N2O3.C4H9N/c1-16-6-8-19(30-3)15-21(16)25(29)28-26(10-11-26)22-13-18(24-9-7-17(2)31-24)14-23-20(22)5-4-12-27-23;1-5-3-2-4-5/h4-9,12-15H,10-11H2,1-3H3,(H,28,29);2-4H2,1H3. The molecule has 1 amide bonds. The van der Waals surface area contributed by atoms with Crippen molar-refractivity contribution in [1.29, 1.82) is 0 Å². The average Bonchev–Trinajstić information content (AvgIpc) is 3.52. The summed E-state index contributed by atoms with van der Waals surface area (Å²) in [7, 11) is 3.75. The molecule has 6 rings (SSSR count). The second-order valence-electron chi connectivity index (χ2n) is 9.88. The fourth-order valence-electron chi connectivity index (χ4n) is 4.63. The van der Waals surface area contributed by atoms with Gasteiger partial charge in [-0.15, -0.1) is 0 Å². The van der Waals surface area contributed by atoms with Crippen LogP contribution < -0.4 is 10.1 Å². The first-order chi connectivity index (χ1) is 17.4. The SMILES string of the molecule is CN1CCC1.COc1ccc(C)c(C(=O)NC2(c3cc(-c4ccc(C)o4)cc4ncccc34)CC2)c1. The number of furan rings is 1. The molecular formula is C30H33N3O3. The van der Waals surface area contributed by atoms with Crippen molar-refractivity contribution < 1.29 is 13.9 Å². The highest BCUT2D eigenvalue weighted by Crippen LogP contribution is 2.49. The third-order valence-electron chi connectivity index (χ3n) is 7.13. The van der Waals surface area contributed by atoms with E-state index in [4.69, 9.17) is 9.15 Å². The van der Waals surface area contributed by atoms with Gasteiger partial charge in [0.2, 0.25) is 0 Å². The number of nitrogens with one attached hydrogen (secondary N) is 1.